The summed E-state index contributed by atoms with van der Waals surface area (Å²) in [7, 11) is 1.61. The first kappa shape index (κ1) is 16.8. The Labute approximate surface area is 145 Å². The zero-order valence-corrected chi connectivity index (χ0v) is 14.7. The van der Waals surface area contributed by atoms with Gasteiger partial charge < -0.3 is 14.1 Å². The summed E-state index contributed by atoms with van der Waals surface area (Å²) >= 11 is 1.29. The molecule has 3 rings (SSSR count). The highest BCUT2D eigenvalue weighted by molar-refractivity contribution is 7.99. The van der Waals surface area contributed by atoms with Crippen LogP contribution in [0.1, 0.15) is 19.8 Å². The number of carbonyl (C=O) groups excluding carboxylic acids is 1. The summed E-state index contributed by atoms with van der Waals surface area (Å²) < 4.78 is 10.8. The maximum absolute atomic E-state index is 12.2. The second kappa shape index (κ2) is 7.70. The summed E-state index contributed by atoms with van der Waals surface area (Å²) in [5, 5.41) is 8.47. The number of ether oxygens (including phenoxy) is 1. The number of likely N-dealkylation sites (tertiary alicyclic amines) is 1. The SMILES string of the molecule is COc1cccc(-c2nnc(SCC(=O)N3CCC(C)CC3)o2)c1. The van der Waals surface area contributed by atoms with Crippen molar-refractivity contribution in [3.8, 4) is 17.2 Å². The molecule has 2 heterocycles. The van der Waals surface area contributed by atoms with Crippen LogP contribution in [0.3, 0.4) is 0 Å². The molecule has 0 saturated carbocycles. The molecule has 2 aromatic rings. The third-order valence-electron chi connectivity index (χ3n) is 4.18. The predicted molar refractivity (Wildman–Crippen MR) is 92.0 cm³/mol. The number of hydrogen-bond donors (Lipinski definition) is 0. The summed E-state index contributed by atoms with van der Waals surface area (Å²) in [6.07, 6.45) is 2.16. The van der Waals surface area contributed by atoms with Crippen molar-refractivity contribution in [2.75, 3.05) is 26.0 Å². The van der Waals surface area contributed by atoms with Crippen molar-refractivity contribution in [1.82, 2.24) is 15.1 Å². The zero-order chi connectivity index (χ0) is 16.9. The van der Waals surface area contributed by atoms with E-state index in [2.05, 4.69) is 17.1 Å². The highest BCUT2D eigenvalue weighted by Crippen LogP contribution is 2.26. The van der Waals surface area contributed by atoms with Crippen molar-refractivity contribution < 1.29 is 13.9 Å². The van der Waals surface area contributed by atoms with E-state index in [0.29, 0.717) is 22.8 Å². The van der Waals surface area contributed by atoms with Gasteiger partial charge in [-0.3, -0.25) is 4.79 Å². The van der Waals surface area contributed by atoms with E-state index >= 15 is 0 Å². The number of nitrogens with zero attached hydrogens (tertiary/aromatic N) is 3. The monoisotopic (exact) mass is 347 g/mol. The first-order chi connectivity index (χ1) is 11.7. The molecule has 0 bridgehead atoms. The van der Waals surface area contributed by atoms with Crippen molar-refractivity contribution >= 4 is 17.7 Å². The van der Waals surface area contributed by atoms with E-state index in [1.54, 1.807) is 7.11 Å². The smallest absolute Gasteiger partial charge is 0.277 e. The van der Waals surface area contributed by atoms with Crippen LogP contribution in [-0.4, -0.2) is 47.0 Å². The molecule has 1 aliphatic rings. The van der Waals surface area contributed by atoms with E-state index in [9.17, 15) is 4.79 Å². The van der Waals surface area contributed by atoms with Gasteiger partial charge in [-0.15, -0.1) is 10.2 Å². The van der Waals surface area contributed by atoms with Crippen LogP contribution in [0.25, 0.3) is 11.5 Å². The third-order valence-corrected chi connectivity index (χ3v) is 4.98. The second-order valence-corrected chi connectivity index (χ2v) is 6.88. The van der Waals surface area contributed by atoms with Gasteiger partial charge in [0.25, 0.3) is 5.22 Å². The van der Waals surface area contributed by atoms with E-state index in [4.69, 9.17) is 9.15 Å². The minimum Gasteiger partial charge on any atom is -0.497 e. The molecule has 1 amide bonds. The van der Waals surface area contributed by atoms with E-state index in [0.717, 1.165) is 37.2 Å². The van der Waals surface area contributed by atoms with Crippen LogP contribution in [0.5, 0.6) is 5.75 Å². The first-order valence-electron chi connectivity index (χ1n) is 8.04. The van der Waals surface area contributed by atoms with Gasteiger partial charge in [-0.25, -0.2) is 0 Å². The molecule has 0 unspecified atom stereocenters. The van der Waals surface area contributed by atoms with Crippen molar-refractivity contribution in [3.05, 3.63) is 24.3 Å². The highest BCUT2D eigenvalue weighted by Gasteiger charge is 2.21. The quantitative estimate of drug-likeness (QED) is 0.774. The maximum atomic E-state index is 12.2. The maximum Gasteiger partial charge on any atom is 0.277 e. The summed E-state index contributed by atoms with van der Waals surface area (Å²) in [6.45, 7) is 3.92. The van der Waals surface area contributed by atoms with Gasteiger partial charge in [-0.05, 0) is 37.0 Å². The van der Waals surface area contributed by atoms with Crippen LogP contribution in [-0.2, 0) is 4.79 Å². The number of thioether (sulfide) groups is 1. The van der Waals surface area contributed by atoms with Crippen LogP contribution in [0.15, 0.2) is 33.9 Å². The number of amides is 1. The standard InChI is InChI=1S/C17H21N3O3S/c1-12-6-8-20(9-7-12)15(21)11-24-17-19-18-16(23-17)13-4-3-5-14(10-13)22-2/h3-5,10,12H,6-9,11H2,1-2H3. The fourth-order valence-electron chi connectivity index (χ4n) is 2.61. The lowest BCUT2D eigenvalue weighted by Crippen LogP contribution is -2.38. The van der Waals surface area contributed by atoms with E-state index in [1.807, 2.05) is 29.2 Å². The number of rotatable bonds is 5. The average Bonchev–Trinajstić information content (AvgIpc) is 3.09. The van der Waals surface area contributed by atoms with Gasteiger partial charge in [0.15, 0.2) is 0 Å². The van der Waals surface area contributed by atoms with E-state index in [1.165, 1.54) is 11.8 Å². The minimum atomic E-state index is 0.132. The van der Waals surface area contributed by atoms with Crippen molar-refractivity contribution in [3.63, 3.8) is 0 Å². The molecule has 1 aromatic heterocycles. The highest BCUT2D eigenvalue weighted by atomic mass is 32.2. The lowest BCUT2D eigenvalue weighted by molar-refractivity contribution is -0.129. The molecule has 1 aromatic carbocycles. The van der Waals surface area contributed by atoms with Crippen molar-refractivity contribution in [2.45, 2.75) is 25.0 Å². The molecule has 1 aliphatic heterocycles. The summed E-state index contributed by atoms with van der Waals surface area (Å²) in [6, 6.07) is 7.44. The summed E-state index contributed by atoms with van der Waals surface area (Å²) in [5.41, 5.74) is 0.796. The molecule has 0 N–H and O–H groups in total. The molecule has 0 spiro atoms. The van der Waals surface area contributed by atoms with E-state index < -0.39 is 0 Å². The second-order valence-electron chi connectivity index (χ2n) is 5.96. The Hall–Kier alpha value is -2.02. The number of benzene rings is 1. The Bertz CT molecular complexity index is 696. The van der Waals surface area contributed by atoms with Gasteiger partial charge in [-0.1, -0.05) is 24.8 Å². The molecule has 6 nitrogen and oxygen atoms in total. The normalized spacial score (nSPS) is 15.5. The van der Waals surface area contributed by atoms with Crippen molar-refractivity contribution in [1.29, 1.82) is 0 Å². The third kappa shape index (κ3) is 4.08. The van der Waals surface area contributed by atoms with Gasteiger partial charge in [0, 0.05) is 18.7 Å². The lowest BCUT2D eigenvalue weighted by atomic mass is 9.99. The number of aromatic nitrogens is 2. The van der Waals surface area contributed by atoms with Gasteiger partial charge in [0.05, 0.1) is 12.9 Å². The number of carbonyl (C=O) groups is 1. The number of methoxy groups -OCH3 is 1. The van der Waals surface area contributed by atoms with Crippen LogP contribution in [0.2, 0.25) is 0 Å². The van der Waals surface area contributed by atoms with Crippen LogP contribution in [0, 0.1) is 5.92 Å². The fourth-order valence-corrected chi connectivity index (χ4v) is 3.28. The number of piperidine rings is 1. The number of hydrogen-bond acceptors (Lipinski definition) is 6. The molecule has 0 radical (unpaired) electrons. The van der Waals surface area contributed by atoms with Gasteiger partial charge in [0.2, 0.25) is 11.8 Å². The molecule has 0 atom stereocenters. The topological polar surface area (TPSA) is 68.5 Å². The van der Waals surface area contributed by atoms with Gasteiger partial charge >= 0.3 is 0 Å². The molecule has 1 saturated heterocycles. The summed E-state index contributed by atoms with van der Waals surface area (Å²) in [5.74, 6) is 2.33. The molecular weight excluding hydrogens is 326 g/mol. The Kier molecular flexibility index (Phi) is 5.40. The molecular formula is C17H21N3O3S. The largest absolute Gasteiger partial charge is 0.497 e. The Balaban J connectivity index is 1.57. The predicted octanol–water partition coefficient (Wildman–Crippen LogP) is 3.10. The Morgan fingerprint density at radius 3 is 2.92 bits per heavy atom. The lowest BCUT2D eigenvalue weighted by Gasteiger charge is -2.30. The fraction of sp³-hybridized carbons (Fsp3) is 0.471. The van der Waals surface area contributed by atoms with Gasteiger partial charge in [0.1, 0.15) is 5.75 Å². The molecule has 0 aliphatic carbocycles. The average molecular weight is 347 g/mol. The molecule has 24 heavy (non-hydrogen) atoms. The minimum absolute atomic E-state index is 0.132. The van der Waals surface area contributed by atoms with Crippen LogP contribution >= 0.6 is 11.8 Å². The Morgan fingerprint density at radius 1 is 1.38 bits per heavy atom. The molecule has 1 fully saturated rings. The Morgan fingerprint density at radius 2 is 2.17 bits per heavy atom. The van der Waals surface area contributed by atoms with Crippen LogP contribution in [0.4, 0.5) is 0 Å². The first-order valence-corrected chi connectivity index (χ1v) is 9.03. The van der Waals surface area contributed by atoms with Gasteiger partial charge in [-0.2, -0.15) is 0 Å². The van der Waals surface area contributed by atoms with E-state index in [-0.39, 0.29) is 5.91 Å². The summed E-state index contributed by atoms with van der Waals surface area (Å²) in [4.78, 5) is 14.2. The zero-order valence-electron chi connectivity index (χ0n) is 13.9. The van der Waals surface area contributed by atoms with Crippen molar-refractivity contribution in [2.24, 2.45) is 5.92 Å². The molecule has 7 heteroatoms. The molecule has 128 valence electrons. The van der Waals surface area contributed by atoms with Crippen LogP contribution < -0.4 is 4.74 Å².